The molecule has 0 fully saturated rings. The van der Waals surface area contributed by atoms with Crippen LogP contribution >= 0.6 is 15.9 Å². The molecule has 0 bridgehead atoms. The van der Waals surface area contributed by atoms with E-state index in [1.807, 2.05) is 0 Å². The molecule has 1 rings (SSSR count). The molecule has 0 saturated heterocycles. The molecule has 4 heteroatoms. The number of hydrogen-bond donors (Lipinski definition) is 0. The van der Waals surface area contributed by atoms with Crippen LogP contribution in [0.25, 0.3) is 0 Å². The second-order valence-electron chi connectivity index (χ2n) is 3.39. The molecular weight excluding hydrogens is 266 g/mol. The number of carbonyl (C=O) groups excluding carboxylic acids is 1. The summed E-state index contributed by atoms with van der Waals surface area (Å²) in [5, 5.41) is 0. The third kappa shape index (κ3) is 2.43. The van der Waals surface area contributed by atoms with Crippen LogP contribution < -0.4 is 0 Å². The Bertz CT molecular complexity index is 390. The SMILES string of the molecule is CCC(C)C(=O)c1c(F)ccc(Br)c1F. The maximum absolute atomic E-state index is 13.5. The zero-order chi connectivity index (χ0) is 11.6. The lowest BCUT2D eigenvalue weighted by Gasteiger charge is -2.09. The van der Waals surface area contributed by atoms with Crippen molar-refractivity contribution in [1.82, 2.24) is 0 Å². The lowest BCUT2D eigenvalue weighted by Crippen LogP contribution is -2.14. The van der Waals surface area contributed by atoms with E-state index in [4.69, 9.17) is 0 Å². The van der Waals surface area contributed by atoms with Crippen LogP contribution in [0.4, 0.5) is 8.78 Å². The van der Waals surface area contributed by atoms with Gasteiger partial charge in [-0.2, -0.15) is 0 Å². The molecule has 0 aromatic heterocycles. The highest BCUT2D eigenvalue weighted by Crippen LogP contribution is 2.24. The van der Waals surface area contributed by atoms with Gasteiger partial charge in [-0.05, 0) is 34.5 Å². The van der Waals surface area contributed by atoms with E-state index >= 15 is 0 Å². The molecular formula is C11H11BrF2O. The largest absolute Gasteiger partial charge is 0.294 e. The van der Waals surface area contributed by atoms with Gasteiger partial charge in [-0.3, -0.25) is 4.79 Å². The average molecular weight is 277 g/mol. The first-order valence-corrected chi connectivity index (χ1v) is 5.46. The Morgan fingerprint density at radius 2 is 2.07 bits per heavy atom. The van der Waals surface area contributed by atoms with E-state index in [0.29, 0.717) is 6.42 Å². The Hall–Kier alpha value is -0.770. The monoisotopic (exact) mass is 276 g/mol. The van der Waals surface area contributed by atoms with E-state index in [-0.39, 0.29) is 10.4 Å². The lowest BCUT2D eigenvalue weighted by atomic mass is 9.96. The van der Waals surface area contributed by atoms with Crippen LogP contribution in [0.1, 0.15) is 30.6 Å². The summed E-state index contributed by atoms with van der Waals surface area (Å²) < 4.78 is 26.9. The van der Waals surface area contributed by atoms with Gasteiger partial charge in [0.1, 0.15) is 5.82 Å². The second-order valence-corrected chi connectivity index (χ2v) is 4.25. The van der Waals surface area contributed by atoms with E-state index in [2.05, 4.69) is 15.9 Å². The Balaban J connectivity index is 3.24. The zero-order valence-corrected chi connectivity index (χ0v) is 10.1. The quantitative estimate of drug-likeness (QED) is 0.603. The molecule has 1 aromatic carbocycles. The molecule has 1 aromatic rings. The van der Waals surface area contributed by atoms with Crippen LogP contribution in [0.2, 0.25) is 0 Å². The van der Waals surface area contributed by atoms with Crippen molar-refractivity contribution in [3.63, 3.8) is 0 Å². The fraction of sp³-hybridized carbons (Fsp3) is 0.364. The van der Waals surface area contributed by atoms with Gasteiger partial charge in [0.2, 0.25) is 0 Å². The number of ketones is 1. The van der Waals surface area contributed by atoms with Gasteiger partial charge in [0, 0.05) is 5.92 Å². The van der Waals surface area contributed by atoms with Crippen LogP contribution in [-0.2, 0) is 0 Å². The van der Waals surface area contributed by atoms with Gasteiger partial charge >= 0.3 is 0 Å². The third-order valence-electron chi connectivity index (χ3n) is 2.35. The van der Waals surface area contributed by atoms with E-state index < -0.39 is 23.0 Å². The average Bonchev–Trinajstić information content (AvgIpc) is 2.22. The molecule has 0 N–H and O–H groups in total. The van der Waals surface area contributed by atoms with Crippen molar-refractivity contribution in [2.24, 2.45) is 5.92 Å². The van der Waals surface area contributed by atoms with Crippen molar-refractivity contribution in [1.29, 1.82) is 0 Å². The number of halogens is 3. The molecule has 0 amide bonds. The Kier molecular flexibility index (Phi) is 3.97. The van der Waals surface area contributed by atoms with Gasteiger partial charge in [-0.15, -0.1) is 0 Å². The molecule has 0 spiro atoms. The third-order valence-corrected chi connectivity index (χ3v) is 2.96. The molecule has 1 nitrogen and oxygen atoms in total. The first kappa shape index (κ1) is 12.3. The topological polar surface area (TPSA) is 17.1 Å². The first-order chi connectivity index (χ1) is 6.99. The maximum atomic E-state index is 13.5. The summed E-state index contributed by atoms with van der Waals surface area (Å²) in [6, 6.07) is 2.33. The van der Waals surface area contributed by atoms with Crippen LogP contribution in [0.5, 0.6) is 0 Å². The number of hydrogen-bond acceptors (Lipinski definition) is 1. The molecule has 0 radical (unpaired) electrons. The second kappa shape index (κ2) is 4.84. The highest BCUT2D eigenvalue weighted by Gasteiger charge is 2.22. The summed E-state index contributed by atoms with van der Waals surface area (Å²) >= 11 is 2.93. The smallest absolute Gasteiger partial charge is 0.171 e. The van der Waals surface area contributed by atoms with Crippen molar-refractivity contribution >= 4 is 21.7 Å². The standard InChI is InChI=1S/C11H11BrF2O/c1-3-6(2)11(15)9-8(13)5-4-7(12)10(9)14/h4-6H,3H2,1-2H3. The molecule has 0 aliphatic rings. The van der Waals surface area contributed by atoms with Crippen molar-refractivity contribution in [2.75, 3.05) is 0 Å². The molecule has 15 heavy (non-hydrogen) atoms. The molecule has 1 unspecified atom stereocenters. The Morgan fingerprint density at radius 1 is 1.47 bits per heavy atom. The van der Waals surface area contributed by atoms with Crippen LogP contribution in [0.15, 0.2) is 16.6 Å². The van der Waals surface area contributed by atoms with Gasteiger partial charge in [0.25, 0.3) is 0 Å². The minimum atomic E-state index is -0.819. The minimum absolute atomic E-state index is 0.107. The molecule has 0 saturated carbocycles. The van der Waals surface area contributed by atoms with Crippen molar-refractivity contribution in [3.05, 3.63) is 33.8 Å². The fourth-order valence-corrected chi connectivity index (χ4v) is 1.52. The van der Waals surface area contributed by atoms with Crippen molar-refractivity contribution in [3.8, 4) is 0 Å². The van der Waals surface area contributed by atoms with Gasteiger partial charge in [0.15, 0.2) is 11.6 Å². The highest BCUT2D eigenvalue weighted by atomic mass is 79.9. The lowest BCUT2D eigenvalue weighted by molar-refractivity contribution is 0.0918. The highest BCUT2D eigenvalue weighted by molar-refractivity contribution is 9.10. The van der Waals surface area contributed by atoms with E-state index in [9.17, 15) is 13.6 Å². The molecule has 0 aliphatic carbocycles. The predicted octanol–water partition coefficient (Wildman–Crippen LogP) is 3.96. The van der Waals surface area contributed by atoms with Crippen LogP contribution in [-0.4, -0.2) is 5.78 Å². The summed E-state index contributed by atoms with van der Waals surface area (Å²) in [6.45, 7) is 3.46. The van der Waals surface area contributed by atoms with Crippen molar-refractivity contribution in [2.45, 2.75) is 20.3 Å². The number of carbonyl (C=O) groups is 1. The molecule has 0 heterocycles. The normalized spacial score (nSPS) is 12.6. The number of rotatable bonds is 3. The molecule has 1 atom stereocenters. The van der Waals surface area contributed by atoms with E-state index in [1.54, 1.807) is 13.8 Å². The predicted molar refractivity (Wildman–Crippen MR) is 57.8 cm³/mol. The van der Waals surface area contributed by atoms with Crippen LogP contribution in [0, 0.1) is 17.6 Å². The summed E-state index contributed by atoms with van der Waals surface area (Å²) in [5.41, 5.74) is -0.446. The van der Waals surface area contributed by atoms with Crippen LogP contribution in [0.3, 0.4) is 0 Å². The molecule has 82 valence electrons. The summed E-state index contributed by atoms with van der Waals surface area (Å²) in [4.78, 5) is 11.7. The Labute approximate surface area is 95.6 Å². The summed E-state index contributed by atoms with van der Waals surface area (Å²) in [6.07, 6.45) is 0.560. The zero-order valence-electron chi connectivity index (χ0n) is 8.48. The first-order valence-electron chi connectivity index (χ1n) is 4.66. The van der Waals surface area contributed by atoms with E-state index in [1.165, 1.54) is 6.07 Å². The minimum Gasteiger partial charge on any atom is -0.294 e. The fourth-order valence-electron chi connectivity index (χ4n) is 1.18. The van der Waals surface area contributed by atoms with Gasteiger partial charge in [-0.1, -0.05) is 13.8 Å². The van der Waals surface area contributed by atoms with E-state index in [0.717, 1.165) is 6.07 Å². The summed E-state index contributed by atoms with van der Waals surface area (Å²) in [5.74, 6) is -2.49. The number of Topliss-reactive ketones (excluding diaryl/α,β-unsaturated/α-hetero) is 1. The molecule has 0 aliphatic heterocycles. The van der Waals surface area contributed by atoms with Gasteiger partial charge in [0.05, 0.1) is 10.0 Å². The van der Waals surface area contributed by atoms with Crippen molar-refractivity contribution < 1.29 is 13.6 Å². The maximum Gasteiger partial charge on any atom is 0.171 e. The van der Waals surface area contributed by atoms with Gasteiger partial charge < -0.3 is 0 Å². The van der Waals surface area contributed by atoms with Gasteiger partial charge in [-0.25, -0.2) is 8.78 Å². The summed E-state index contributed by atoms with van der Waals surface area (Å²) in [7, 11) is 0. The number of benzene rings is 1. The Morgan fingerprint density at radius 3 is 2.60 bits per heavy atom.